The van der Waals surface area contributed by atoms with Crippen LogP contribution >= 0.6 is 0 Å². The van der Waals surface area contributed by atoms with Crippen LogP contribution in [0.5, 0.6) is 0 Å². The van der Waals surface area contributed by atoms with E-state index in [-0.39, 0.29) is 0 Å². The Morgan fingerprint density at radius 2 is 2.33 bits per heavy atom. The molecule has 4 nitrogen and oxygen atoms in total. The summed E-state index contributed by atoms with van der Waals surface area (Å²) in [7, 11) is 0. The first-order chi connectivity index (χ1) is 7.34. The van der Waals surface area contributed by atoms with Gasteiger partial charge in [-0.2, -0.15) is 5.10 Å². The van der Waals surface area contributed by atoms with Gasteiger partial charge >= 0.3 is 0 Å². The number of nitrogens with zero attached hydrogens (tertiary/aromatic N) is 2. The monoisotopic (exact) mass is 206 g/mol. The van der Waals surface area contributed by atoms with Crippen molar-refractivity contribution < 1.29 is 0 Å². The summed E-state index contributed by atoms with van der Waals surface area (Å²) in [5.41, 5.74) is 1.15. The zero-order valence-electron chi connectivity index (χ0n) is 9.16. The zero-order valence-corrected chi connectivity index (χ0v) is 9.16. The van der Waals surface area contributed by atoms with Gasteiger partial charge in [0.15, 0.2) is 0 Å². The van der Waals surface area contributed by atoms with E-state index in [4.69, 9.17) is 0 Å². The van der Waals surface area contributed by atoms with Crippen molar-refractivity contribution in [3.05, 3.63) is 17.8 Å². The maximum Gasteiger partial charge on any atom is 0.149 e. The van der Waals surface area contributed by atoms with E-state index in [1.54, 1.807) is 6.20 Å². The molecule has 1 saturated heterocycles. The van der Waals surface area contributed by atoms with Crippen LogP contribution in [0.1, 0.15) is 24.8 Å². The van der Waals surface area contributed by atoms with E-state index in [0.717, 1.165) is 30.9 Å². The summed E-state index contributed by atoms with van der Waals surface area (Å²) in [5, 5.41) is 14.9. The summed E-state index contributed by atoms with van der Waals surface area (Å²) in [6, 6.07) is 2.58. The number of aromatic nitrogens is 2. The molecule has 2 heterocycles. The fourth-order valence-electron chi connectivity index (χ4n) is 1.91. The van der Waals surface area contributed by atoms with Crippen molar-refractivity contribution >= 4 is 5.82 Å². The van der Waals surface area contributed by atoms with E-state index >= 15 is 0 Å². The lowest BCUT2D eigenvalue weighted by Gasteiger charge is -2.16. The number of aryl methyl sites for hydroxylation is 1. The third-order valence-corrected chi connectivity index (χ3v) is 2.72. The third-order valence-electron chi connectivity index (χ3n) is 2.72. The molecule has 0 amide bonds. The van der Waals surface area contributed by atoms with Gasteiger partial charge in [0.2, 0.25) is 0 Å². The normalized spacial score (nSPS) is 22.1. The van der Waals surface area contributed by atoms with Gasteiger partial charge in [-0.05, 0) is 50.9 Å². The quantitative estimate of drug-likeness (QED) is 0.766. The SMILES string of the molecule is Cc1cnnc(NC2CCCNCC2)c1. The van der Waals surface area contributed by atoms with Gasteiger partial charge in [0.05, 0.1) is 6.20 Å². The molecule has 2 N–H and O–H groups in total. The van der Waals surface area contributed by atoms with Crippen LogP contribution in [0.15, 0.2) is 12.3 Å². The summed E-state index contributed by atoms with van der Waals surface area (Å²) in [4.78, 5) is 0. The van der Waals surface area contributed by atoms with Crippen molar-refractivity contribution in [2.75, 3.05) is 18.4 Å². The molecule has 1 aromatic rings. The molecular formula is C11H18N4. The lowest BCUT2D eigenvalue weighted by Crippen LogP contribution is -2.22. The minimum absolute atomic E-state index is 0.538. The number of rotatable bonds is 2. The zero-order chi connectivity index (χ0) is 10.5. The lowest BCUT2D eigenvalue weighted by molar-refractivity contribution is 0.633. The molecule has 0 bridgehead atoms. The first-order valence-corrected chi connectivity index (χ1v) is 5.61. The summed E-state index contributed by atoms with van der Waals surface area (Å²) in [6.45, 7) is 4.27. The molecule has 1 unspecified atom stereocenters. The molecule has 2 rings (SSSR count). The average molecular weight is 206 g/mol. The molecule has 1 fully saturated rings. The van der Waals surface area contributed by atoms with Crippen molar-refractivity contribution in [1.29, 1.82) is 0 Å². The molecule has 15 heavy (non-hydrogen) atoms. The summed E-state index contributed by atoms with van der Waals surface area (Å²) >= 11 is 0. The van der Waals surface area contributed by atoms with Crippen molar-refractivity contribution in [3.8, 4) is 0 Å². The second kappa shape index (κ2) is 5.07. The summed E-state index contributed by atoms with van der Waals surface area (Å²) in [6.07, 6.45) is 5.38. The van der Waals surface area contributed by atoms with Crippen molar-refractivity contribution in [1.82, 2.24) is 15.5 Å². The molecule has 82 valence electrons. The fourth-order valence-corrected chi connectivity index (χ4v) is 1.91. The molecule has 0 aromatic carbocycles. The fraction of sp³-hybridized carbons (Fsp3) is 0.636. The van der Waals surface area contributed by atoms with Gasteiger partial charge in [-0.25, -0.2) is 0 Å². The van der Waals surface area contributed by atoms with E-state index in [9.17, 15) is 0 Å². The molecule has 1 aliphatic heterocycles. The van der Waals surface area contributed by atoms with Crippen LogP contribution in [0.4, 0.5) is 5.82 Å². The second-order valence-electron chi connectivity index (χ2n) is 4.14. The number of anilines is 1. The van der Waals surface area contributed by atoms with Gasteiger partial charge in [-0.1, -0.05) is 0 Å². The Bertz CT molecular complexity index is 305. The molecule has 4 heteroatoms. The van der Waals surface area contributed by atoms with Gasteiger partial charge in [0.25, 0.3) is 0 Å². The van der Waals surface area contributed by atoms with Crippen LogP contribution in [0.25, 0.3) is 0 Å². The van der Waals surface area contributed by atoms with E-state index in [0.29, 0.717) is 6.04 Å². The number of nitrogens with one attached hydrogen (secondary N) is 2. The first kappa shape index (κ1) is 10.4. The lowest BCUT2D eigenvalue weighted by atomic mass is 10.1. The molecular weight excluding hydrogens is 188 g/mol. The van der Waals surface area contributed by atoms with Crippen molar-refractivity contribution in [3.63, 3.8) is 0 Å². The van der Waals surface area contributed by atoms with Crippen LogP contribution < -0.4 is 10.6 Å². The second-order valence-corrected chi connectivity index (χ2v) is 4.14. The molecule has 0 radical (unpaired) electrons. The molecule has 0 spiro atoms. The predicted octanol–water partition coefficient (Wildman–Crippen LogP) is 1.34. The van der Waals surface area contributed by atoms with Crippen LogP contribution in [0.3, 0.4) is 0 Å². The highest BCUT2D eigenvalue weighted by atomic mass is 15.2. The van der Waals surface area contributed by atoms with Crippen molar-refractivity contribution in [2.24, 2.45) is 0 Å². The molecule has 1 atom stereocenters. The van der Waals surface area contributed by atoms with E-state index in [1.165, 1.54) is 12.8 Å². The molecule has 0 saturated carbocycles. The summed E-state index contributed by atoms with van der Waals surface area (Å²) < 4.78 is 0. The van der Waals surface area contributed by atoms with Gasteiger partial charge < -0.3 is 10.6 Å². The van der Waals surface area contributed by atoms with Crippen molar-refractivity contribution in [2.45, 2.75) is 32.2 Å². The number of hydrogen-bond acceptors (Lipinski definition) is 4. The van der Waals surface area contributed by atoms with E-state index < -0.39 is 0 Å². The highest BCUT2D eigenvalue weighted by Gasteiger charge is 2.11. The molecule has 1 aromatic heterocycles. The first-order valence-electron chi connectivity index (χ1n) is 5.61. The Labute approximate surface area is 90.5 Å². The van der Waals surface area contributed by atoms with Crippen LogP contribution in [0.2, 0.25) is 0 Å². The van der Waals surface area contributed by atoms with E-state index in [1.807, 2.05) is 13.0 Å². The standard InChI is InChI=1S/C11H18N4/c1-9-7-11(15-13-8-9)14-10-3-2-5-12-6-4-10/h7-8,10,12H,2-6H2,1H3,(H,14,15). The predicted molar refractivity (Wildman–Crippen MR) is 60.9 cm³/mol. The van der Waals surface area contributed by atoms with Crippen LogP contribution in [0, 0.1) is 6.92 Å². The molecule has 1 aliphatic rings. The van der Waals surface area contributed by atoms with E-state index in [2.05, 4.69) is 20.8 Å². The highest BCUT2D eigenvalue weighted by Crippen LogP contribution is 2.12. The van der Waals surface area contributed by atoms with Crippen LogP contribution in [-0.2, 0) is 0 Å². The maximum absolute atomic E-state index is 4.08. The Morgan fingerprint density at radius 3 is 3.20 bits per heavy atom. The average Bonchev–Trinajstić information content (AvgIpc) is 2.46. The Balaban J connectivity index is 1.95. The minimum Gasteiger partial charge on any atom is -0.366 e. The van der Waals surface area contributed by atoms with Gasteiger partial charge in [-0.15, -0.1) is 5.10 Å². The Kier molecular flexibility index (Phi) is 3.50. The maximum atomic E-state index is 4.08. The van der Waals surface area contributed by atoms with Gasteiger partial charge in [0.1, 0.15) is 5.82 Å². The topological polar surface area (TPSA) is 49.8 Å². The largest absolute Gasteiger partial charge is 0.366 e. The Hall–Kier alpha value is -1.16. The van der Waals surface area contributed by atoms with Crippen LogP contribution in [-0.4, -0.2) is 29.3 Å². The third kappa shape index (κ3) is 3.16. The molecule has 0 aliphatic carbocycles. The Morgan fingerprint density at radius 1 is 1.40 bits per heavy atom. The van der Waals surface area contributed by atoms with Gasteiger partial charge in [0, 0.05) is 6.04 Å². The number of hydrogen-bond donors (Lipinski definition) is 2. The smallest absolute Gasteiger partial charge is 0.149 e. The van der Waals surface area contributed by atoms with Gasteiger partial charge in [-0.3, -0.25) is 0 Å². The highest BCUT2D eigenvalue weighted by molar-refractivity contribution is 5.36. The minimum atomic E-state index is 0.538. The summed E-state index contributed by atoms with van der Waals surface area (Å²) in [5.74, 6) is 0.905.